The first kappa shape index (κ1) is 12.1. The number of carbonyl (C=O) groups excluding carboxylic acids is 1. The summed E-state index contributed by atoms with van der Waals surface area (Å²) < 4.78 is 25.9. The van der Waals surface area contributed by atoms with Crippen LogP contribution in [0.4, 0.5) is 0 Å². The van der Waals surface area contributed by atoms with Crippen molar-refractivity contribution in [1.82, 2.24) is 0 Å². The average Bonchev–Trinajstić information content (AvgIpc) is 2.00. The van der Waals surface area contributed by atoms with Gasteiger partial charge in [0.2, 0.25) is 0 Å². The lowest BCUT2D eigenvalue weighted by atomic mass is 10.5. The lowest BCUT2D eigenvalue weighted by Gasteiger charge is -2.01. The Labute approximate surface area is 77.1 Å². The minimum atomic E-state index is -3.83. The molecule has 0 radical (unpaired) electrons. The zero-order valence-electron chi connectivity index (χ0n) is 7.26. The summed E-state index contributed by atoms with van der Waals surface area (Å²) in [5.74, 6) is -1.27. The van der Waals surface area contributed by atoms with E-state index in [1.54, 1.807) is 6.92 Å². The van der Waals surface area contributed by atoms with Gasteiger partial charge in [-0.05, 0) is 13.3 Å². The second kappa shape index (κ2) is 5.71. The fourth-order valence-electron chi connectivity index (χ4n) is 0.572. The van der Waals surface area contributed by atoms with Gasteiger partial charge < -0.3 is 9.29 Å². The Morgan fingerprint density at radius 3 is 2.62 bits per heavy atom. The van der Waals surface area contributed by atoms with Gasteiger partial charge >= 0.3 is 16.1 Å². The van der Waals surface area contributed by atoms with Crippen LogP contribution in [0.5, 0.6) is 0 Å². The van der Waals surface area contributed by atoms with Crippen molar-refractivity contribution in [2.24, 2.45) is 0 Å². The zero-order chi connectivity index (χ0) is 10.3. The molecule has 0 aliphatic carbocycles. The Morgan fingerprint density at radius 2 is 2.15 bits per heavy atom. The Bertz CT molecular complexity index is 277. The SMILES string of the molecule is CC=CC(=O)OS(=O)(=O)CCCO. The molecule has 0 atom stereocenters. The van der Waals surface area contributed by atoms with Gasteiger partial charge in [-0.1, -0.05) is 6.08 Å². The van der Waals surface area contributed by atoms with E-state index in [2.05, 4.69) is 4.18 Å². The van der Waals surface area contributed by atoms with E-state index in [1.807, 2.05) is 0 Å². The molecule has 76 valence electrons. The highest BCUT2D eigenvalue weighted by Crippen LogP contribution is 1.97. The van der Waals surface area contributed by atoms with Crippen molar-refractivity contribution in [3.05, 3.63) is 12.2 Å². The summed E-state index contributed by atoms with van der Waals surface area (Å²) in [6.07, 6.45) is 2.45. The number of carbonyl (C=O) groups is 1. The second-order valence-electron chi connectivity index (χ2n) is 2.24. The third-order valence-corrected chi connectivity index (χ3v) is 2.27. The van der Waals surface area contributed by atoms with Crippen LogP contribution in [-0.2, 0) is 19.1 Å². The van der Waals surface area contributed by atoms with Gasteiger partial charge in [-0.2, -0.15) is 8.42 Å². The molecule has 5 nitrogen and oxygen atoms in total. The average molecular weight is 208 g/mol. The molecule has 0 bridgehead atoms. The van der Waals surface area contributed by atoms with Crippen molar-refractivity contribution >= 4 is 16.1 Å². The third kappa shape index (κ3) is 6.30. The standard InChI is InChI=1S/C7H12O5S/c1-2-4-7(9)12-13(10,11)6-3-5-8/h2,4,8H,3,5-6H2,1H3. The largest absolute Gasteiger partial charge is 0.396 e. The Kier molecular flexibility index (Phi) is 5.33. The molecule has 0 aliphatic heterocycles. The van der Waals surface area contributed by atoms with E-state index in [9.17, 15) is 13.2 Å². The molecule has 0 spiro atoms. The Hall–Kier alpha value is -0.880. The molecule has 0 fully saturated rings. The van der Waals surface area contributed by atoms with Crippen LogP contribution in [-0.4, -0.2) is 31.9 Å². The van der Waals surface area contributed by atoms with Gasteiger partial charge in [-0.3, -0.25) is 0 Å². The normalized spacial score (nSPS) is 11.8. The van der Waals surface area contributed by atoms with E-state index in [4.69, 9.17) is 5.11 Å². The van der Waals surface area contributed by atoms with Gasteiger partial charge in [0.1, 0.15) is 0 Å². The Balaban J connectivity index is 4.10. The topological polar surface area (TPSA) is 80.7 Å². The molecule has 1 N–H and O–H groups in total. The molecule has 6 heteroatoms. The monoisotopic (exact) mass is 208 g/mol. The van der Waals surface area contributed by atoms with Crippen LogP contribution in [0.1, 0.15) is 13.3 Å². The molecule has 0 aromatic rings. The summed E-state index contributed by atoms with van der Waals surface area (Å²) in [4.78, 5) is 10.7. The van der Waals surface area contributed by atoms with Crippen LogP contribution in [0.15, 0.2) is 12.2 Å². The molecule has 0 aliphatic rings. The maximum atomic E-state index is 10.9. The summed E-state index contributed by atoms with van der Waals surface area (Å²) in [7, 11) is -3.83. The van der Waals surface area contributed by atoms with Gasteiger partial charge in [0.25, 0.3) is 0 Å². The van der Waals surface area contributed by atoms with Crippen molar-refractivity contribution in [2.45, 2.75) is 13.3 Å². The van der Waals surface area contributed by atoms with Gasteiger partial charge in [-0.25, -0.2) is 4.79 Å². The van der Waals surface area contributed by atoms with Crippen molar-refractivity contribution in [2.75, 3.05) is 12.4 Å². The molecule has 0 aromatic carbocycles. The highest BCUT2D eigenvalue weighted by atomic mass is 32.2. The van der Waals surface area contributed by atoms with E-state index in [-0.39, 0.29) is 18.8 Å². The third-order valence-electron chi connectivity index (χ3n) is 1.06. The lowest BCUT2D eigenvalue weighted by Crippen LogP contribution is -2.15. The van der Waals surface area contributed by atoms with Crippen molar-refractivity contribution in [1.29, 1.82) is 0 Å². The van der Waals surface area contributed by atoms with Crippen molar-refractivity contribution < 1.29 is 22.5 Å². The lowest BCUT2D eigenvalue weighted by molar-refractivity contribution is -0.128. The highest BCUT2D eigenvalue weighted by Gasteiger charge is 2.13. The van der Waals surface area contributed by atoms with Gasteiger partial charge in [0, 0.05) is 12.7 Å². The van der Waals surface area contributed by atoms with Crippen LogP contribution in [0.25, 0.3) is 0 Å². The quantitative estimate of drug-likeness (QED) is 0.500. The highest BCUT2D eigenvalue weighted by molar-refractivity contribution is 7.87. The van der Waals surface area contributed by atoms with Gasteiger partial charge in [-0.15, -0.1) is 0 Å². The molecular formula is C7H12O5S. The van der Waals surface area contributed by atoms with E-state index in [0.717, 1.165) is 6.08 Å². The minimum Gasteiger partial charge on any atom is -0.396 e. The predicted molar refractivity (Wildman–Crippen MR) is 46.4 cm³/mol. The van der Waals surface area contributed by atoms with Gasteiger partial charge in [0.15, 0.2) is 0 Å². The number of aliphatic hydroxyl groups is 1. The fraction of sp³-hybridized carbons (Fsp3) is 0.571. The molecule has 0 unspecified atom stereocenters. The molecule has 0 saturated carbocycles. The maximum absolute atomic E-state index is 10.9. The van der Waals surface area contributed by atoms with Crippen LogP contribution in [0.3, 0.4) is 0 Å². The van der Waals surface area contributed by atoms with Crippen molar-refractivity contribution in [3.8, 4) is 0 Å². The second-order valence-corrected chi connectivity index (χ2v) is 3.93. The minimum absolute atomic E-state index is 0.0610. The molecule has 0 aromatic heterocycles. The van der Waals surface area contributed by atoms with Crippen LogP contribution < -0.4 is 0 Å². The maximum Gasteiger partial charge on any atom is 0.346 e. The number of aliphatic hydroxyl groups excluding tert-OH is 1. The number of rotatable bonds is 5. The summed E-state index contributed by atoms with van der Waals surface area (Å²) in [5.41, 5.74) is 0. The van der Waals surface area contributed by atoms with E-state index in [1.165, 1.54) is 6.08 Å². The summed E-state index contributed by atoms with van der Waals surface area (Å²) in [5, 5.41) is 8.35. The van der Waals surface area contributed by atoms with Crippen LogP contribution in [0, 0.1) is 0 Å². The summed E-state index contributed by atoms with van der Waals surface area (Å²) >= 11 is 0. The fourth-order valence-corrected chi connectivity index (χ4v) is 1.44. The molecule has 0 rings (SSSR count). The molecule has 0 saturated heterocycles. The van der Waals surface area contributed by atoms with Crippen LogP contribution in [0.2, 0.25) is 0 Å². The number of hydrogen-bond acceptors (Lipinski definition) is 5. The van der Waals surface area contributed by atoms with Crippen LogP contribution >= 0.6 is 0 Å². The van der Waals surface area contributed by atoms with E-state index in [0.29, 0.717) is 0 Å². The molecule has 0 amide bonds. The smallest absolute Gasteiger partial charge is 0.346 e. The Morgan fingerprint density at radius 1 is 1.54 bits per heavy atom. The molecular weight excluding hydrogens is 196 g/mol. The number of hydrogen-bond donors (Lipinski definition) is 1. The first-order chi connectivity index (χ1) is 6.02. The number of allylic oxidation sites excluding steroid dienone is 1. The van der Waals surface area contributed by atoms with Gasteiger partial charge in [0.05, 0.1) is 5.75 Å². The predicted octanol–water partition coefficient (Wildman–Crippen LogP) is -0.182. The van der Waals surface area contributed by atoms with E-state index >= 15 is 0 Å². The summed E-state index contributed by atoms with van der Waals surface area (Å²) in [6, 6.07) is 0. The van der Waals surface area contributed by atoms with Crippen molar-refractivity contribution in [3.63, 3.8) is 0 Å². The zero-order valence-corrected chi connectivity index (χ0v) is 8.08. The first-order valence-electron chi connectivity index (χ1n) is 3.71. The van der Waals surface area contributed by atoms with E-state index < -0.39 is 16.1 Å². The molecule has 13 heavy (non-hydrogen) atoms. The first-order valence-corrected chi connectivity index (χ1v) is 5.29. The molecule has 0 heterocycles. The summed E-state index contributed by atoms with van der Waals surface area (Å²) in [6.45, 7) is 1.32.